The number of carbonyl (C=O) groups excluding carboxylic acids is 1. The maximum Gasteiger partial charge on any atom is 0.193 e. The van der Waals surface area contributed by atoms with E-state index in [-0.39, 0.29) is 5.78 Å². The van der Waals surface area contributed by atoms with Gasteiger partial charge in [-0.05, 0) is 61.7 Å². The lowest BCUT2D eigenvalue weighted by atomic mass is 10.0. The number of piperidine rings is 1. The molecule has 2 aromatic carbocycles. The number of halogens is 1. The molecule has 1 saturated heterocycles. The first kappa shape index (κ1) is 14.9. The molecule has 0 atom stereocenters. The Morgan fingerprint density at radius 3 is 2.23 bits per heavy atom. The molecule has 2 N–H and O–H groups in total. The number of benzene rings is 2. The molecule has 0 amide bonds. The molecular formula is C18H19ClN2O. The van der Waals surface area contributed by atoms with Crippen molar-refractivity contribution in [2.45, 2.75) is 19.3 Å². The summed E-state index contributed by atoms with van der Waals surface area (Å²) in [5.74, 6) is -0.0337. The summed E-state index contributed by atoms with van der Waals surface area (Å²) in [6.45, 7) is 2.07. The van der Waals surface area contributed by atoms with Crippen LogP contribution in [0.4, 0.5) is 11.4 Å². The maximum absolute atomic E-state index is 12.5. The lowest BCUT2D eigenvalue weighted by Gasteiger charge is -2.30. The Hall–Kier alpha value is -2.00. The molecule has 2 aromatic rings. The van der Waals surface area contributed by atoms with Crippen LogP contribution in [-0.2, 0) is 0 Å². The standard InChI is InChI=1S/C18H19ClN2O/c19-15-7-4-13(5-8-15)18(22)14-6-9-17(16(20)12-14)21-10-2-1-3-11-21/h4-9,12H,1-3,10-11,20H2. The molecule has 1 fully saturated rings. The van der Waals surface area contributed by atoms with Crippen molar-refractivity contribution in [1.82, 2.24) is 0 Å². The zero-order valence-corrected chi connectivity index (χ0v) is 13.1. The molecule has 0 unspecified atom stereocenters. The van der Waals surface area contributed by atoms with E-state index in [0.29, 0.717) is 21.8 Å². The number of nitrogens with two attached hydrogens (primary N) is 1. The molecule has 1 aliphatic heterocycles. The average Bonchev–Trinajstić information content (AvgIpc) is 2.55. The van der Waals surface area contributed by atoms with Crippen molar-refractivity contribution < 1.29 is 4.79 Å². The van der Waals surface area contributed by atoms with Crippen LogP contribution >= 0.6 is 11.6 Å². The van der Waals surface area contributed by atoms with E-state index in [2.05, 4.69) is 4.90 Å². The highest BCUT2D eigenvalue weighted by atomic mass is 35.5. The second-order valence-electron chi connectivity index (χ2n) is 5.66. The molecule has 0 bridgehead atoms. The van der Waals surface area contributed by atoms with Crippen LogP contribution in [0.1, 0.15) is 35.2 Å². The van der Waals surface area contributed by atoms with Crippen LogP contribution in [0.15, 0.2) is 42.5 Å². The van der Waals surface area contributed by atoms with E-state index in [0.717, 1.165) is 18.8 Å². The van der Waals surface area contributed by atoms with Crippen molar-refractivity contribution in [3.8, 4) is 0 Å². The Balaban J connectivity index is 1.84. The smallest absolute Gasteiger partial charge is 0.193 e. The molecule has 4 heteroatoms. The van der Waals surface area contributed by atoms with Crippen LogP contribution in [0.5, 0.6) is 0 Å². The van der Waals surface area contributed by atoms with E-state index in [1.165, 1.54) is 19.3 Å². The zero-order valence-electron chi connectivity index (χ0n) is 12.4. The summed E-state index contributed by atoms with van der Waals surface area (Å²) in [6.07, 6.45) is 3.68. The van der Waals surface area contributed by atoms with E-state index in [9.17, 15) is 4.79 Å². The minimum Gasteiger partial charge on any atom is -0.397 e. The minimum atomic E-state index is -0.0337. The summed E-state index contributed by atoms with van der Waals surface area (Å²) in [5, 5.41) is 0.622. The van der Waals surface area contributed by atoms with Crippen LogP contribution < -0.4 is 10.6 Å². The number of ketones is 1. The van der Waals surface area contributed by atoms with Gasteiger partial charge in [0.25, 0.3) is 0 Å². The molecule has 3 nitrogen and oxygen atoms in total. The molecule has 22 heavy (non-hydrogen) atoms. The highest BCUT2D eigenvalue weighted by molar-refractivity contribution is 6.30. The minimum absolute atomic E-state index is 0.0337. The van der Waals surface area contributed by atoms with Crippen molar-refractivity contribution in [3.05, 3.63) is 58.6 Å². The first-order valence-corrected chi connectivity index (χ1v) is 7.98. The van der Waals surface area contributed by atoms with Crippen LogP contribution in [0.25, 0.3) is 0 Å². The van der Waals surface area contributed by atoms with E-state index in [4.69, 9.17) is 17.3 Å². The number of carbonyl (C=O) groups is 1. The van der Waals surface area contributed by atoms with Gasteiger partial charge in [0.2, 0.25) is 0 Å². The Morgan fingerprint density at radius 1 is 0.955 bits per heavy atom. The van der Waals surface area contributed by atoms with E-state index in [1.54, 1.807) is 30.3 Å². The van der Waals surface area contributed by atoms with Gasteiger partial charge in [-0.25, -0.2) is 0 Å². The molecule has 1 heterocycles. The highest BCUT2D eigenvalue weighted by Gasteiger charge is 2.16. The fourth-order valence-electron chi connectivity index (χ4n) is 2.89. The van der Waals surface area contributed by atoms with Crippen LogP contribution in [-0.4, -0.2) is 18.9 Å². The summed E-state index contributed by atoms with van der Waals surface area (Å²) < 4.78 is 0. The first-order valence-electron chi connectivity index (χ1n) is 7.60. The third kappa shape index (κ3) is 3.09. The van der Waals surface area contributed by atoms with E-state index < -0.39 is 0 Å². The monoisotopic (exact) mass is 314 g/mol. The second kappa shape index (κ2) is 6.41. The van der Waals surface area contributed by atoms with Gasteiger partial charge in [0, 0.05) is 29.2 Å². The van der Waals surface area contributed by atoms with Gasteiger partial charge in [-0.15, -0.1) is 0 Å². The fraction of sp³-hybridized carbons (Fsp3) is 0.278. The molecule has 0 aliphatic carbocycles. The molecule has 3 rings (SSSR count). The first-order chi connectivity index (χ1) is 10.6. The second-order valence-corrected chi connectivity index (χ2v) is 6.09. The molecule has 0 aromatic heterocycles. The van der Waals surface area contributed by atoms with Crippen molar-refractivity contribution in [1.29, 1.82) is 0 Å². The van der Waals surface area contributed by atoms with Gasteiger partial charge in [0.05, 0.1) is 11.4 Å². The molecule has 114 valence electrons. The van der Waals surface area contributed by atoms with Crippen molar-refractivity contribution in [2.24, 2.45) is 0 Å². The van der Waals surface area contributed by atoms with Gasteiger partial charge in [0.15, 0.2) is 5.78 Å². The lowest BCUT2D eigenvalue weighted by Crippen LogP contribution is -2.30. The van der Waals surface area contributed by atoms with Gasteiger partial charge < -0.3 is 10.6 Å². The quantitative estimate of drug-likeness (QED) is 0.684. The third-order valence-electron chi connectivity index (χ3n) is 4.09. The summed E-state index contributed by atoms with van der Waals surface area (Å²) in [7, 11) is 0. The largest absolute Gasteiger partial charge is 0.397 e. The Morgan fingerprint density at radius 2 is 1.59 bits per heavy atom. The number of nitrogens with zero attached hydrogens (tertiary/aromatic N) is 1. The van der Waals surface area contributed by atoms with Crippen molar-refractivity contribution in [2.75, 3.05) is 23.7 Å². The third-order valence-corrected chi connectivity index (χ3v) is 4.34. The molecular weight excluding hydrogens is 296 g/mol. The zero-order chi connectivity index (χ0) is 15.5. The van der Waals surface area contributed by atoms with Gasteiger partial charge in [0.1, 0.15) is 0 Å². The van der Waals surface area contributed by atoms with E-state index in [1.807, 2.05) is 12.1 Å². The molecule has 0 radical (unpaired) electrons. The van der Waals surface area contributed by atoms with Crippen LogP contribution in [0.3, 0.4) is 0 Å². The van der Waals surface area contributed by atoms with Gasteiger partial charge in [-0.2, -0.15) is 0 Å². The lowest BCUT2D eigenvalue weighted by molar-refractivity contribution is 0.103. The summed E-state index contributed by atoms with van der Waals surface area (Å²) in [4.78, 5) is 14.8. The summed E-state index contributed by atoms with van der Waals surface area (Å²) in [5.41, 5.74) is 9.11. The van der Waals surface area contributed by atoms with Gasteiger partial charge in [-0.3, -0.25) is 4.79 Å². The fourth-order valence-corrected chi connectivity index (χ4v) is 3.01. The van der Waals surface area contributed by atoms with Gasteiger partial charge >= 0.3 is 0 Å². The molecule has 0 saturated carbocycles. The number of nitrogen functional groups attached to an aromatic ring is 1. The Kier molecular flexibility index (Phi) is 4.34. The van der Waals surface area contributed by atoms with Crippen molar-refractivity contribution in [3.63, 3.8) is 0 Å². The summed E-state index contributed by atoms with van der Waals surface area (Å²) in [6, 6.07) is 12.5. The van der Waals surface area contributed by atoms with Gasteiger partial charge in [-0.1, -0.05) is 11.6 Å². The molecule has 1 aliphatic rings. The van der Waals surface area contributed by atoms with Crippen molar-refractivity contribution >= 4 is 28.8 Å². The number of anilines is 2. The Labute approximate surface area is 135 Å². The average molecular weight is 315 g/mol. The molecule has 0 spiro atoms. The number of rotatable bonds is 3. The van der Waals surface area contributed by atoms with Crippen LogP contribution in [0, 0.1) is 0 Å². The van der Waals surface area contributed by atoms with Crippen LogP contribution in [0.2, 0.25) is 5.02 Å². The predicted molar refractivity (Wildman–Crippen MR) is 91.8 cm³/mol. The number of hydrogen-bond acceptors (Lipinski definition) is 3. The normalized spacial score (nSPS) is 14.9. The summed E-state index contributed by atoms with van der Waals surface area (Å²) >= 11 is 5.86. The highest BCUT2D eigenvalue weighted by Crippen LogP contribution is 2.28. The maximum atomic E-state index is 12.5. The SMILES string of the molecule is Nc1cc(C(=O)c2ccc(Cl)cc2)ccc1N1CCCCC1. The number of hydrogen-bond donors (Lipinski definition) is 1. The Bertz CT molecular complexity index is 676. The topological polar surface area (TPSA) is 46.3 Å². The predicted octanol–water partition coefficient (Wildman–Crippen LogP) is 4.14. The van der Waals surface area contributed by atoms with E-state index >= 15 is 0 Å².